The van der Waals surface area contributed by atoms with Crippen molar-refractivity contribution < 1.29 is 0 Å². The molecule has 0 aliphatic heterocycles. The Morgan fingerprint density at radius 2 is 1.59 bits per heavy atom. The summed E-state index contributed by atoms with van der Waals surface area (Å²) < 4.78 is 0. The minimum Gasteiger partial charge on any atom is -0.385 e. The van der Waals surface area contributed by atoms with Crippen LogP contribution in [-0.4, -0.2) is 13.1 Å². The molecule has 3 unspecified atom stereocenters. The molecule has 2 heteroatoms. The van der Waals surface area contributed by atoms with Crippen LogP contribution in [0.1, 0.15) is 60.3 Å². The molecule has 1 aliphatic carbocycles. The summed E-state index contributed by atoms with van der Waals surface area (Å²) >= 11 is 0. The zero-order valence-corrected chi connectivity index (χ0v) is 21.9. The molecule has 182 valence electrons. The lowest BCUT2D eigenvalue weighted by molar-refractivity contribution is 0.439. The molecule has 1 saturated carbocycles. The van der Waals surface area contributed by atoms with Crippen molar-refractivity contribution in [2.75, 3.05) is 23.7 Å². The van der Waals surface area contributed by atoms with Gasteiger partial charge in [-0.1, -0.05) is 87.9 Å². The van der Waals surface area contributed by atoms with Crippen LogP contribution in [0.3, 0.4) is 0 Å². The van der Waals surface area contributed by atoms with Crippen molar-refractivity contribution >= 4 is 34.3 Å². The van der Waals surface area contributed by atoms with E-state index >= 15 is 0 Å². The van der Waals surface area contributed by atoms with Gasteiger partial charge in [-0.25, -0.2) is 0 Å². The third-order valence-electron chi connectivity index (χ3n) is 7.29. The summed E-state index contributed by atoms with van der Waals surface area (Å²) in [4.78, 5) is 0. The Labute approximate surface area is 207 Å². The van der Waals surface area contributed by atoms with Gasteiger partial charge in [0.1, 0.15) is 0 Å². The van der Waals surface area contributed by atoms with Crippen LogP contribution in [0.15, 0.2) is 60.7 Å². The second-order valence-electron chi connectivity index (χ2n) is 9.63. The normalized spacial score (nSPS) is 20.8. The van der Waals surface area contributed by atoms with E-state index in [9.17, 15) is 0 Å². The Hall–Kier alpha value is -2.74. The van der Waals surface area contributed by atoms with Crippen LogP contribution in [0.5, 0.6) is 0 Å². The maximum Gasteiger partial charge on any atom is 0.0419 e. The molecular formula is C32H44N2. The lowest BCUT2D eigenvalue weighted by atomic mass is 9.98. The molecule has 2 nitrogen and oxygen atoms in total. The highest BCUT2D eigenvalue weighted by Crippen LogP contribution is 2.37. The lowest BCUT2D eigenvalue weighted by Gasteiger charge is -2.17. The van der Waals surface area contributed by atoms with Gasteiger partial charge in [0.05, 0.1) is 0 Å². The van der Waals surface area contributed by atoms with Crippen molar-refractivity contribution in [3.05, 3.63) is 71.1 Å². The summed E-state index contributed by atoms with van der Waals surface area (Å²) in [5.41, 5.74) is 2.53. The first kappa shape index (κ1) is 25.9. The van der Waals surface area contributed by atoms with Crippen LogP contribution < -0.4 is 21.1 Å². The van der Waals surface area contributed by atoms with Crippen molar-refractivity contribution in [1.29, 1.82) is 0 Å². The highest BCUT2D eigenvalue weighted by Gasteiger charge is 2.29. The SMILES string of the molecule is C/C=c1/cccc(NCC2CC(CC)CC2C)/c1=C/CC.CCNc1cccc2ccccc12. The molecule has 3 aromatic carbocycles. The van der Waals surface area contributed by atoms with Gasteiger partial charge in [-0.3, -0.25) is 0 Å². The number of nitrogens with one attached hydrogen (secondary N) is 2. The summed E-state index contributed by atoms with van der Waals surface area (Å²) in [6.45, 7) is 13.3. The highest BCUT2D eigenvalue weighted by molar-refractivity contribution is 5.93. The van der Waals surface area contributed by atoms with E-state index in [4.69, 9.17) is 0 Å². The molecule has 34 heavy (non-hydrogen) atoms. The second kappa shape index (κ2) is 13.2. The molecule has 0 amide bonds. The summed E-state index contributed by atoms with van der Waals surface area (Å²) in [5, 5.41) is 12.4. The van der Waals surface area contributed by atoms with Crippen molar-refractivity contribution in [1.82, 2.24) is 0 Å². The maximum absolute atomic E-state index is 3.74. The minimum atomic E-state index is 0.832. The molecule has 0 bridgehead atoms. The molecule has 0 aromatic heterocycles. The zero-order chi connectivity index (χ0) is 24.3. The number of hydrogen-bond donors (Lipinski definition) is 2. The van der Waals surface area contributed by atoms with E-state index in [0.29, 0.717) is 0 Å². The van der Waals surface area contributed by atoms with Gasteiger partial charge in [-0.2, -0.15) is 0 Å². The van der Waals surface area contributed by atoms with Crippen LogP contribution in [-0.2, 0) is 0 Å². The molecule has 0 heterocycles. The first-order valence-corrected chi connectivity index (χ1v) is 13.3. The molecule has 0 radical (unpaired) electrons. The van der Waals surface area contributed by atoms with Crippen molar-refractivity contribution in [3.8, 4) is 0 Å². The first-order valence-electron chi connectivity index (χ1n) is 13.3. The molecule has 3 atom stereocenters. The summed E-state index contributed by atoms with van der Waals surface area (Å²) in [7, 11) is 0. The second-order valence-corrected chi connectivity index (χ2v) is 9.63. The number of hydrogen-bond acceptors (Lipinski definition) is 2. The van der Waals surface area contributed by atoms with Gasteiger partial charge in [-0.05, 0) is 73.6 Å². The lowest BCUT2D eigenvalue weighted by Crippen LogP contribution is -2.29. The summed E-state index contributed by atoms with van der Waals surface area (Å²) in [6.07, 6.45) is 9.78. The highest BCUT2D eigenvalue weighted by atomic mass is 14.9. The van der Waals surface area contributed by atoms with Gasteiger partial charge < -0.3 is 10.6 Å². The van der Waals surface area contributed by atoms with Gasteiger partial charge in [0.2, 0.25) is 0 Å². The van der Waals surface area contributed by atoms with Crippen molar-refractivity contribution in [2.24, 2.45) is 17.8 Å². The van der Waals surface area contributed by atoms with Crippen molar-refractivity contribution in [2.45, 2.75) is 60.3 Å². The Balaban J connectivity index is 0.000000212. The van der Waals surface area contributed by atoms with E-state index in [1.165, 1.54) is 51.8 Å². The summed E-state index contributed by atoms with van der Waals surface area (Å²) in [5.74, 6) is 2.64. The van der Waals surface area contributed by atoms with Gasteiger partial charge in [0.25, 0.3) is 0 Å². The Bertz CT molecular complexity index is 1140. The van der Waals surface area contributed by atoms with E-state index in [2.05, 4.69) is 118 Å². The fourth-order valence-corrected chi connectivity index (χ4v) is 5.32. The molecule has 3 aromatic rings. The number of rotatable bonds is 7. The third-order valence-corrected chi connectivity index (χ3v) is 7.29. The quantitative estimate of drug-likeness (QED) is 0.386. The molecule has 0 saturated heterocycles. The maximum atomic E-state index is 3.74. The van der Waals surface area contributed by atoms with Gasteiger partial charge in [-0.15, -0.1) is 0 Å². The van der Waals surface area contributed by atoms with Gasteiger partial charge >= 0.3 is 0 Å². The van der Waals surface area contributed by atoms with E-state index in [1.807, 2.05) is 0 Å². The summed E-state index contributed by atoms with van der Waals surface area (Å²) in [6, 6.07) is 21.4. The average Bonchev–Trinajstić information content (AvgIpc) is 3.24. The van der Waals surface area contributed by atoms with Crippen LogP contribution in [0.2, 0.25) is 0 Å². The van der Waals surface area contributed by atoms with Crippen LogP contribution in [0, 0.1) is 17.8 Å². The smallest absolute Gasteiger partial charge is 0.0419 e. The van der Waals surface area contributed by atoms with E-state index in [1.54, 1.807) is 0 Å². The molecule has 1 fully saturated rings. The molecule has 4 rings (SSSR count). The monoisotopic (exact) mass is 456 g/mol. The molecular weight excluding hydrogens is 412 g/mol. The zero-order valence-electron chi connectivity index (χ0n) is 21.9. The Morgan fingerprint density at radius 3 is 2.29 bits per heavy atom. The van der Waals surface area contributed by atoms with Crippen molar-refractivity contribution in [3.63, 3.8) is 0 Å². The van der Waals surface area contributed by atoms with Gasteiger partial charge in [0, 0.05) is 35.1 Å². The number of fused-ring (bicyclic) bond motifs is 1. The van der Waals surface area contributed by atoms with E-state index in [0.717, 1.165) is 37.3 Å². The predicted molar refractivity (Wildman–Crippen MR) is 153 cm³/mol. The topological polar surface area (TPSA) is 24.1 Å². The van der Waals surface area contributed by atoms with Crippen LogP contribution in [0.25, 0.3) is 22.9 Å². The Morgan fingerprint density at radius 1 is 0.853 bits per heavy atom. The van der Waals surface area contributed by atoms with E-state index < -0.39 is 0 Å². The molecule has 1 aliphatic rings. The van der Waals surface area contributed by atoms with Crippen LogP contribution >= 0.6 is 0 Å². The predicted octanol–water partition coefficient (Wildman–Crippen LogP) is 7.43. The third kappa shape index (κ3) is 6.65. The fraction of sp³-hybridized carbons (Fsp3) is 0.438. The largest absolute Gasteiger partial charge is 0.385 e. The number of benzene rings is 3. The standard InChI is InChI=1S/C20H31N.C12H13N/c1-5-9-19-17(7-3)10-8-11-20(19)21-14-18-13-16(6-2)12-15(18)4;1-2-13-12-9-5-7-10-6-3-4-8-11(10)12/h7-11,15-16,18,21H,5-6,12-14H2,1-4H3;3-9,13H,2H2,1H3/b17-7-,19-9+;. The average molecular weight is 457 g/mol. The minimum absolute atomic E-state index is 0.832. The molecule has 0 spiro atoms. The number of anilines is 2. The van der Waals surface area contributed by atoms with E-state index in [-0.39, 0.29) is 0 Å². The molecule has 2 N–H and O–H groups in total. The fourth-order valence-electron chi connectivity index (χ4n) is 5.32. The first-order chi connectivity index (χ1) is 16.6. The Kier molecular flexibility index (Phi) is 10.1. The van der Waals surface area contributed by atoms with Crippen LogP contribution in [0.4, 0.5) is 11.4 Å². The van der Waals surface area contributed by atoms with Gasteiger partial charge in [0.15, 0.2) is 0 Å².